The molecule has 2 N–H and O–H groups in total. The summed E-state index contributed by atoms with van der Waals surface area (Å²) in [6.45, 7) is 9.14. The smallest absolute Gasteiger partial charge is 0.250 e. The maximum Gasteiger partial charge on any atom is 0.250 e. The number of pyridine rings is 1. The number of nitrogens with one attached hydrogen (secondary N) is 2. The molecule has 0 bridgehead atoms. The first-order valence-electron chi connectivity index (χ1n) is 8.70. The summed E-state index contributed by atoms with van der Waals surface area (Å²) in [6, 6.07) is 5.25. The average molecular weight is 362 g/mol. The van der Waals surface area contributed by atoms with E-state index >= 15 is 0 Å². The Balaban J connectivity index is 1.76. The van der Waals surface area contributed by atoms with Gasteiger partial charge < -0.3 is 15.2 Å². The summed E-state index contributed by atoms with van der Waals surface area (Å²) < 4.78 is 1.74. The molecule has 2 heterocycles. The second-order valence-corrected chi connectivity index (χ2v) is 7.10. The van der Waals surface area contributed by atoms with Gasteiger partial charge in [-0.15, -0.1) is 11.3 Å². The van der Waals surface area contributed by atoms with Gasteiger partial charge in [-0.1, -0.05) is 6.07 Å². The Morgan fingerprint density at radius 3 is 2.80 bits per heavy atom. The van der Waals surface area contributed by atoms with E-state index in [0.717, 1.165) is 49.1 Å². The molecule has 0 atom stereocenters. The largest absolute Gasteiger partial charge is 0.357 e. The van der Waals surface area contributed by atoms with Crippen molar-refractivity contribution in [3.63, 3.8) is 0 Å². The molecule has 0 spiro atoms. The Kier molecular flexibility index (Phi) is 7.66. The molecule has 0 aliphatic rings. The average Bonchev–Trinajstić information content (AvgIpc) is 2.92. The monoisotopic (exact) mass is 361 g/mol. The number of thiazole rings is 1. The lowest BCUT2D eigenvalue weighted by Crippen LogP contribution is -2.37. The first-order chi connectivity index (χ1) is 12.1. The summed E-state index contributed by atoms with van der Waals surface area (Å²) in [6.07, 6.45) is 3.75. The van der Waals surface area contributed by atoms with E-state index in [1.54, 1.807) is 28.0 Å². The first kappa shape index (κ1) is 19.2. The number of hydrogen-bond acceptors (Lipinski definition) is 4. The normalized spacial score (nSPS) is 11.6. The Morgan fingerprint density at radius 1 is 1.28 bits per heavy atom. The Morgan fingerprint density at radius 2 is 2.12 bits per heavy atom. The van der Waals surface area contributed by atoms with E-state index in [9.17, 15) is 4.79 Å². The molecule has 136 valence electrons. The first-order valence-corrected chi connectivity index (χ1v) is 9.52. The van der Waals surface area contributed by atoms with Crippen molar-refractivity contribution in [3.05, 3.63) is 50.3 Å². The van der Waals surface area contributed by atoms with Crippen molar-refractivity contribution in [2.75, 3.05) is 13.1 Å². The zero-order valence-corrected chi connectivity index (χ0v) is 16.0. The van der Waals surface area contributed by atoms with E-state index < -0.39 is 0 Å². The van der Waals surface area contributed by atoms with Crippen LogP contribution in [0.2, 0.25) is 0 Å². The van der Waals surface area contributed by atoms with E-state index in [0.29, 0.717) is 6.54 Å². The summed E-state index contributed by atoms with van der Waals surface area (Å²) in [5.74, 6) is 0.810. The molecule has 2 aromatic rings. The SMILES string of the molecule is CCNC(=NCc1nc(C)c(C)s1)NCCCCn1ccccc1=O. The third kappa shape index (κ3) is 6.34. The highest BCUT2D eigenvalue weighted by molar-refractivity contribution is 7.11. The minimum atomic E-state index is 0.0550. The van der Waals surface area contributed by atoms with Crippen LogP contribution in [0.15, 0.2) is 34.2 Å². The van der Waals surface area contributed by atoms with Crippen LogP contribution < -0.4 is 16.2 Å². The van der Waals surface area contributed by atoms with Crippen molar-refractivity contribution in [2.24, 2.45) is 4.99 Å². The topological polar surface area (TPSA) is 71.3 Å². The molecule has 6 nitrogen and oxygen atoms in total. The van der Waals surface area contributed by atoms with Crippen molar-refractivity contribution in [1.29, 1.82) is 0 Å². The van der Waals surface area contributed by atoms with Crippen LogP contribution in [0.25, 0.3) is 0 Å². The predicted molar refractivity (Wildman–Crippen MR) is 104 cm³/mol. The Hall–Kier alpha value is -2.15. The van der Waals surface area contributed by atoms with E-state index in [-0.39, 0.29) is 5.56 Å². The van der Waals surface area contributed by atoms with Crippen molar-refractivity contribution in [3.8, 4) is 0 Å². The van der Waals surface area contributed by atoms with Crippen LogP contribution in [0.4, 0.5) is 0 Å². The molecule has 0 amide bonds. The number of hydrogen-bond donors (Lipinski definition) is 2. The molecule has 0 radical (unpaired) electrons. The zero-order valence-electron chi connectivity index (χ0n) is 15.2. The highest BCUT2D eigenvalue weighted by Gasteiger charge is 2.03. The lowest BCUT2D eigenvalue weighted by molar-refractivity contribution is 0.585. The number of rotatable bonds is 8. The van der Waals surface area contributed by atoms with Gasteiger partial charge in [-0.3, -0.25) is 4.79 Å². The molecule has 0 fully saturated rings. The van der Waals surface area contributed by atoms with Crippen LogP contribution in [0, 0.1) is 13.8 Å². The molecule has 7 heteroatoms. The van der Waals surface area contributed by atoms with Gasteiger partial charge in [-0.2, -0.15) is 0 Å². The fraction of sp³-hybridized carbons (Fsp3) is 0.500. The number of aryl methyl sites for hydroxylation is 3. The molecule has 0 unspecified atom stereocenters. The lowest BCUT2D eigenvalue weighted by atomic mass is 10.3. The third-order valence-corrected chi connectivity index (χ3v) is 4.86. The van der Waals surface area contributed by atoms with Crippen molar-refractivity contribution >= 4 is 17.3 Å². The van der Waals surface area contributed by atoms with Gasteiger partial charge in [0.25, 0.3) is 0 Å². The lowest BCUT2D eigenvalue weighted by Gasteiger charge is -2.11. The van der Waals surface area contributed by atoms with E-state index in [4.69, 9.17) is 0 Å². The van der Waals surface area contributed by atoms with Gasteiger partial charge in [0.15, 0.2) is 5.96 Å². The van der Waals surface area contributed by atoms with Crippen LogP contribution in [0.3, 0.4) is 0 Å². The molecule has 2 rings (SSSR count). The molecular formula is C18H27N5OS. The Bertz CT molecular complexity index is 730. The van der Waals surface area contributed by atoms with Crippen molar-refractivity contribution < 1.29 is 0 Å². The van der Waals surface area contributed by atoms with Crippen molar-refractivity contribution in [1.82, 2.24) is 20.2 Å². The quantitative estimate of drug-likeness (QED) is 0.430. The zero-order chi connectivity index (χ0) is 18.1. The van der Waals surface area contributed by atoms with Crippen LogP contribution in [0.5, 0.6) is 0 Å². The van der Waals surface area contributed by atoms with Gasteiger partial charge in [0.05, 0.1) is 12.2 Å². The van der Waals surface area contributed by atoms with Crippen molar-refractivity contribution in [2.45, 2.75) is 46.7 Å². The number of unbranched alkanes of at least 4 members (excludes halogenated alkanes) is 1. The number of aliphatic imine (C=N–C) groups is 1. The Labute approximate surface area is 153 Å². The van der Waals surface area contributed by atoms with Gasteiger partial charge in [-0.05, 0) is 39.7 Å². The minimum Gasteiger partial charge on any atom is -0.357 e. The molecule has 0 aromatic carbocycles. The fourth-order valence-electron chi connectivity index (χ4n) is 2.35. The van der Waals surface area contributed by atoms with Crippen LogP contribution in [0.1, 0.15) is 35.3 Å². The second kappa shape index (κ2) is 9.98. The van der Waals surface area contributed by atoms with Gasteiger partial charge in [0, 0.05) is 36.8 Å². The van der Waals surface area contributed by atoms with E-state index in [2.05, 4.69) is 34.5 Å². The number of guanidine groups is 1. The summed E-state index contributed by atoms with van der Waals surface area (Å²) in [4.78, 5) is 22.0. The molecule has 0 aliphatic carbocycles. The van der Waals surface area contributed by atoms with Crippen LogP contribution in [-0.2, 0) is 13.1 Å². The maximum atomic E-state index is 11.6. The summed E-state index contributed by atoms with van der Waals surface area (Å²) in [5.41, 5.74) is 1.14. The highest BCUT2D eigenvalue weighted by atomic mass is 32.1. The molecule has 0 aliphatic heterocycles. The maximum absolute atomic E-state index is 11.6. The third-order valence-electron chi connectivity index (χ3n) is 3.81. The molecule has 0 saturated carbocycles. The number of aromatic nitrogens is 2. The molecule has 0 saturated heterocycles. The summed E-state index contributed by atoms with van der Waals surface area (Å²) in [5, 5.41) is 7.63. The van der Waals surface area contributed by atoms with Gasteiger partial charge in [-0.25, -0.2) is 9.98 Å². The standard InChI is InChI=1S/C18H27N5OS/c1-4-19-18(21-13-16-22-14(2)15(3)25-16)20-10-6-8-12-23-11-7-5-9-17(23)24/h5,7,9,11H,4,6,8,10,12-13H2,1-3H3,(H2,19,20,21). The summed E-state index contributed by atoms with van der Waals surface area (Å²) in [7, 11) is 0. The van der Waals surface area contributed by atoms with Gasteiger partial charge >= 0.3 is 0 Å². The highest BCUT2D eigenvalue weighted by Crippen LogP contribution is 2.16. The molecule has 2 aromatic heterocycles. The minimum absolute atomic E-state index is 0.0550. The number of nitrogens with zero attached hydrogens (tertiary/aromatic N) is 3. The molecule has 25 heavy (non-hydrogen) atoms. The molecular weight excluding hydrogens is 334 g/mol. The van der Waals surface area contributed by atoms with Crippen LogP contribution in [-0.4, -0.2) is 28.6 Å². The summed E-state index contributed by atoms with van der Waals surface area (Å²) >= 11 is 1.70. The fourth-order valence-corrected chi connectivity index (χ4v) is 3.21. The second-order valence-electron chi connectivity index (χ2n) is 5.81. The van der Waals surface area contributed by atoms with Crippen LogP contribution >= 0.6 is 11.3 Å². The predicted octanol–water partition coefficient (Wildman–Crippen LogP) is 2.46. The van der Waals surface area contributed by atoms with Gasteiger partial charge in [0.2, 0.25) is 5.56 Å². The van der Waals surface area contributed by atoms with E-state index in [1.165, 1.54) is 4.88 Å². The van der Waals surface area contributed by atoms with E-state index in [1.807, 2.05) is 19.2 Å². The van der Waals surface area contributed by atoms with Gasteiger partial charge in [0.1, 0.15) is 5.01 Å².